The minimum absolute atomic E-state index is 0.207. The molecule has 1 aliphatic heterocycles. The third kappa shape index (κ3) is 3.50. The smallest absolute Gasteiger partial charge is 0.191 e. The number of aryl methyl sites for hydroxylation is 2. The third-order valence-corrected chi connectivity index (χ3v) is 4.08. The van der Waals surface area contributed by atoms with Crippen LogP contribution in [0.15, 0.2) is 39.7 Å². The number of fused-ring (bicyclic) bond motifs is 1. The quantitative estimate of drug-likeness (QED) is 0.675. The average molecular weight is 313 g/mol. The van der Waals surface area contributed by atoms with Crippen molar-refractivity contribution in [3.05, 3.63) is 53.0 Å². The van der Waals surface area contributed by atoms with Gasteiger partial charge in [0.25, 0.3) is 0 Å². The molecular weight excluding hydrogens is 290 g/mol. The highest BCUT2D eigenvalue weighted by Crippen LogP contribution is 2.31. The molecule has 0 bridgehead atoms. The molecule has 122 valence electrons. The van der Waals surface area contributed by atoms with Crippen molar-refractivity contribution in [3.63, 3.8) is 0 Å². The lowest BCUT2D eigenvalue weighted by Gasteiger charge is -2.28. The summed E-state index contributed by atoms with van der Waals surface area (Å²) < 4.78 is 11.3. The van der Waals surface area contributed by atoms with Crippen molar-refractivity contribution in [1.82, 2.24) is 10.6 Å². The predicted molar refractivity (Wildman–Crippen MR) is 90.8 cm³/mol. The van der Waals surface area contributed by atoms with Crippen molar-refractivity contribution in [2.24, 2.45) is 4.99 Å². The minimum atomic E-state index is 0.207. The second kappa shape index (κ2) is 6.77. The highest BCUT2D eigenvalue weighted by Gasteiger charge is 2.21. The SMILES string of the molecule is CN=C(NCc1cc(C)oc1C)NC1CCOc2ccccc21. The largest absolute Gasteiger partial charge is 0.493 e. The first kappa shape index (κ1) is 15.5. The summed E-state index contributed by atoms with van der Waals surface area (Å²) in [6.45, 7) is 5.34. The van der Waals surface area contributed by atoms with Crippen LogP contribution in [0, 0.1) is 13.8 Å². The van der Waals surface area contributed by atoms with Gasteiger partial charge in [0.05, 0.1) is 12.6 Å². The molecule has 5 nitrogen and oxygen atoms in total. The lowest BCUT2D eigenvalue weighted by atomic mass is 10.0. The van der Waals surface area contributed by atoms with E-state index in [0.29, 0.717) is 13.2 Å². The van der Waals surface area contributed by atoms with Crippen LogP contribution in [0.25, 0.3) is 0 Å². The van der Waals surface area contributed by atoms with E-state index in [0.717, 1.165) is 35.2 Å². The standard InChI is InChI=1S/C18H23N3O2/c1-12-10-14(13(2)23-12)11-20-18(19-3)21-16-8-9-22-17-7-5-4-6-15(16)17/h4-7,10,16H,8-9,11H2,1-3H3,(H2,19,20,21). The zero-order valence-corrected chi connectivity index (χ0v) is 13.8. The second-order valence-electron chi connectivity index (χ2n) is 5.74. The van der Waals surface area contributed by atoms with Crippen LogP contribution in [0.3, 0.4) is 0 Å². The first-order valence-corrected chi connectivity index (χ1v) is 7.92. The van der Waals surface area contributed by atoms with Crippen molar-refractivity contribution in [1.29, 1.82) is 0 Å². The molecule has 2 aromatic rings. The predicted octanol–water partition coefficient (Wildman–Crippen LogP) is 3.09. The first-order valence-electron chi connectivity index (χ1n) is 7.92. The molecule has 1 aromatic carbocycles. The number of benzene rings is 1. The fraction of sp³-hybridized carbons (Fsp3) is 0.389. The first-order chi connectivity index (χ1) is 11.2. The van der Waals surface area contributed by atoms with Gasteiger partial charge in [-0.05, 0) is 26.0 Å². The monoisotopic (exact) mass is 313 g/mol. The van der Waals surface area contributed by atoms with Crippen molar-refractivity contribution in [2.45, 2.75) is 32.9 Å². The molecule has 0 aliphatic carbocycles. The molecule has 5 heteroatoms. The van der Waals surface area contributed by atoms with Crippen LogP contribution >= 0.6 is 0 Å². The average Bonchev–Trinajstić information content (AvgIpc) is 2.89. The van der Waals surface area contributed by atoms with Crippen molar-refractivity contribution in [2.75, 3.05) is 13.7 Å². The number of para-hydroxylation sites is 1. The van der Waals surface area contributed by atoms with Gasteiger partial charge in [0.1, 0.15) is 17.3 Å². The van der Waals surface area contributed by atoms with E-state index >= 15 is 0 Å². The van der Waals surface area contributed by atoms with Crippen molar-refractivity contribution >= 4 is 5.96 Å². The second-order valence-corrected chi connectivity index (χ2v) is 5.74. The zero-order valence-electron chi connectivity index (χ0n) is 13.8. The molecule has 0 spiro atoms. The Labute approximate surface area is 136 Å². The summed E-state index contributed by atoms with van der Waals surface area (Å²) in [7, 11) is 1.79. The Balaban J connectivity index is 1.66. The number of guanidine groups is 1. The van der Waals surface area contributed by atoms with E-state index in [1.54, 1.807) is 7.05 Å². The fourth-order valence-corrected chi connectivity index (χ4v) is 2.89. The highest BCUT2D eigenvalue weighted by molar-refractivity contribution is 5.80. The molecule has 2 N–H and O–H groups in total. The molecule has 1 atom stereocenters. The highest BCUT2D eigenvalue weighted by atomic mass is 16.5. The van der Waals surface area contributed by atoms with E-state index in [1.807, 2.05) is 32.0 Å². The lowest BCUT2D eigenvalue weighted by Crippen LogP contribution is -2.40. The Kier molecular flexibility index (Phi) is 4.55. The number of rotatable bonds is 3. The van der Waals surface area contributed by atoms with Gasteiger partial charge in [-0.2, -0.15) is 0 Å². The zero-order chi connectivity index (χ0) is 16.2. The molecule has 3 rings (SSSR count). The third-order valence-electron chi connectivity index (χ3n) is 4.08. The van der Waals surface area contributed by atoms with E-state index in [-0.39, 0.29) is 6.04 Å². The number of nitrogens with zero attached hydrogens (tertiary/aromatic N) is 1. The van der Waals surface area contributed by atoms with E-state index < -0.39 is 0 Å². The van der Waals surface area contributed by atoms with Crippen LogP contribution in [0.1, 0.15) is 35.1 Å². The van der Waals surface area contributed by atoms with Crippen LogP contribution in [-0.2, 0) is 6.54 Å². The molecular formula is C18H23N3O2. The molecule has 0 saturated heterocycles. The van der Waals surface area contributed by atoms with Gasteiger partial charge in [-0.3, -0.25) is 4.99 Å². The Hall–Kier alpha value is -2.43. The maximum atomic E-state index is 5.70. The molecule has 0 amide bonds. The van der Waals surface area contributed by atoms with E-state index in [1.165, 1.54) is 5.56 Å². The van der Waals surface area contributed by atoms with Gasteiger partial charge in [-0.1, -0.05) is 18.2 Å². The number of furan rings is 1. The summed E-state index contributed by atoms with van der Waals surface area (Å²) in [5.41, 5.74) is 2.33. The molecule has 0 saturated carbocycles. The minimum Gasteiger partial charge on any atom is -0.493 e. The number of aliphatic imine (C=N–C) groups is 1. The Morgan fingerprint density at radius 2 is 2.13 bits per heavy atom. The van der Waals surface area contributed by atoms with Crippen molar-refractivity contribution in [3.8, 4) is 5.75 Å². The van der Waals surface area contributed by atoms with Gasteiger partial charge in [0.15, 0.2) is 5.96 Å². The maximum Gasteiger partial charge on any atom is 0.191 e. The summed E-state index contributed by atoms with van der Waals surface area (Å²) in [6, 6.07) is 10.4. The van der Waals surface area contributed by atoms with Gasteiger partial charge >= 0.3 is 0 Å². The lowest BCUT2D eigenvalue weighted by molar-refractivity contribution is 0.261. The van der Waals surface area contributed by atoms with Gasteiger partial charge in [-0.25, -0.2) is 0 Å². The molecule has 1 aromatic heterocycles. The topological polar surface area (TPSA) is 58.8 Å². The van der Waals surface area contributed by atoms with Crippen LogP contribution < -0.4 is 15.4 Å². The number of hydrogen-bond acceptors (Lipinski definition) is 3. The summed E-state index contributed by atoms with van der Waals surface area (Å²) in [6.07, 6.45) is 0.918. The number of nitrogens with one attached hydrogen (secondary N) is 2. The summed E-state index contributed by atoms with van der Waals surface area (Å²) in [5.74, 6) is 3.61. The Morgan fingerprint density at radius 3 is 2.87 bits per heavy atom. The van der Waals surface area contributed by atoms with Crippen LogP contribution in [0.4, 0.5) is 0 Å². The van der Waals surface area contributed by atoms with Gasteiger partial charge in [0, 0.05) is 31.1 Å². The van der Waals surface area contributed by atoms with Gasteiger partial charge in [-0.15, -0.1) is 0 Å². The Bertz CT molecular complexity index is 706. The molecule has 0 fully saturated rings. The van der Waals surface area contributed by atoms with Gasteiger partial charge < -0.3 is 19.8 Å². The molecule has 23 heavy (non-hydrogen) atoms. The molecule has 0 radical (unpaired) electrons. The molecule has 2 heterocycles. The molecule has 1 aliphatic rings. The van der Waals surface area contributed by atoms with Crippen LogP contribution in [0.5, 0.6) is 5.75 Å². The summed E-state index contributed by atoms with van der Waals surface area (Å²) in [4.78, 5) is 4.33. The van der Waals surface area contributed by atoms with E-state index in [9.17, 15) is 0 Å². The fourth-order valence-electron chi connectivity index (χ4n) is 2.89. The van der Waals surface area contributed by atoms with Crippen LogP contribution in [0.2, 0.25) is 0 Å². The number of hydrogen-bond donors (Lipinski definition) is 2. The molecule has 1 unspecified atom stereocenters. The van der Waals surface area contributed by atoms with E-state index in [2.05, 4.69) is 27.8 Å². The number of ether oxygens (including phenoxy) is 1. The Morgan fingerprint density at radius 1 is 1.30 bits per heavy atom. The van der Waals surface area contributed by atoms with Crippen LogP contribution in [-0.4, -0.2) is 19.6 Å². The van der Waals surface area contributed by atoms with Crippen molar-refractivity contribution < 1.29 is 9.15 Å². The van der Waals surface area contributed by atoms with Gasteiger partial charge in [0.2, 0.25) is 0 Å². The maximum absolute atomic E-state index is 5.70. The van der Waals surface area contributed by atoms with E-state index in [4.69, 9.17) is 9.15 Å². The summed E-state index contributed by atoms with van der Waals surface area (Å²) >= 11 is 0. The summed E-state index contributed by atoms with van der Waals surface area (Å²) in [5, 5.41) is 6.84. The normalized spacial score (nSPS) is 17.3.